The summed E-state index contributed by atoms with van der Waals surface area (Å²) < 4.78 is 40.7. The van der Waals surface area contributed by atoms with Gasteiger partial charge in [0, 0.05) is 24.3 Å². The van der Waals surface area contributed by atoms with Crippen molar-refractivity contribution in [2.24, 2.45) is 4.99 Å². The van der Waals surface area contributed by atoms with Gasteiger partial charge in [0.15, 0.2) is 12.6 Å². The third-order valence-corrected chi connectivity index (χ3v) is 2.44. The van der Waals surface area contributed by atoms with Crippen molar-refractivity contribution in [1.82, 2.24) is 15.6 Å². The van der Waals surface area contributed by atoms with Crippen molar-refractivity contribution in [2.45, 2.75) is 46.0 Å². The minimum absolute atomic E-state index is 0. The normalized spacial score (nSPS) is 12.4. The van der Waals surface area contributed by atoms with Crippen LogP contribution in [0.3, 0.4) is 0 Å². The highest BCUT2D eigenvalue weighted by molar-refractivity contribution is 14.0. The number of hydrogen-bond donors (Lipinski definition) is 2. The average molecular weight is 460 g/mol. The van der Waals surface area contributed by atoms with Gasteiger partial charge in [-0.1, -0.05) is 6.07 Å². The van der Waals surface area contributed by atoms with Gasteiger partial charge in [0.2, 0.25) is 5.88 Å². The summed E-state index contributed by atoms with van der Waals surface area (Å²) in [5.41, 5.74) is 0.643. The Morgan fingerprint density at radius 1 is 1.25 bits per heavy atom. The molecule has 0 unspecified atom stereocenters. The number of ether oxygens (including phenoxy) is 1. The maximum absolute atomic E-state index is 12.1. The molecule has 1 heterocycles. The molecule has 0 spiro atoms. The molecule has 0 amide bonds. The molecule has 0 fully saturated rings. The van der Waals surface area contributed by atoms with E-state index in [4.69, 9.17) is 0 Å². The molecular weight excluding hydrogens is 436 g/mol. The van der Waals surface area contributed by atoms with Crippen LogP contribution in [-0.2, 0) is 6.54 Å². The van der Waals surface area contributed by atoms with Crippen molar-refractivity contribution in [3.8, 4) is 5.88 Å². The van der Waals surface area contributed by atoms with Gasteiger partial charge in [0.25, 0.3) is 0 Å². The second kappa shape index (κ2) is 9.90. The zero-order valence-electron chi connectivity index (χ0n) is 14.2. The lowest BCUT2D eigenvalue weighted by atomic mass is 10.1. The maximum atomic E-state index is 12.1. The van der Waals surface area contributed by atoms with E-state index in [0.717, 1.165) is 12.1 Å². The quantitative estimate of drug-likeness (QED) is 0.402. The molecule has 0 saturated heterocycles. The summed E-state index contributed by atoms with van der Waals surface area (Å²) in [6.45, 7) is 7.77. The molecule has 0 aliphatic heterocycles. The maximum Gasteiger partial charge on any atom is 0.422 e. The van der Waals surface area contributed by atoms with Gasteiger partial charge in [-0.05, 0) is 33.3 Å². The fourth-order valence-electron chi connectivity index (χ4n) is 1.58. The fraction of sp³-hybridized carbons (Fsp3) is 0.600. The number of rotatable bonds is 5. The summed E-state index contributed by atoms with van der Waals surface area (Å²) >= 11 is 0. The molecule has 1 aromatic rings. The Labute approximate surface area is 157 Å². The van der Waals surface area contributed by atoms with E-state index in [-0.39, 0.29) is 35.4 Å². The zero-order valence-corrected chi connectivity index (χ0v) is 16.5. The summed E-state index contributed by atoms with van der Waals surface area (Å²) in [6.07, 6.45) is -2.92. The topological polar surface area (TPSA) is 58.5 Å². The largest absolute Gasteiger partial charge is 0.468 e. The van der Waals surface area contributed by atoms with Crippen LogP contribution in [0, 0.1) is 0 Å². The Bertz CT molecular complexity index is 513. The first-order chi connectivity index (χ1) is 10.6. The number of alkyl halides is 3. The summed E-state index contributed by atoms with van der Waals surface area (Å²) in [6, 6.07) is 3.05. The fourth-order valence-corrected chi connectivity index (χ4v) is 1.58. The van der Waals surface area contributed by atoms with E-state index in [0.29, 0.717) is 12.5 Å². The monoisotopic (exact) mass is 460 g/mol. The molecule has 0 aromatic carbocycles. The Morgan fingerprint density at radius 2 is 1.92 bits per heavy atom. The van der Waals surface area contributed by atoms with Crippen molar-refractivity contribution in [2.75, 3.05) is 13.2 Å². The molecule has 0 radical (unpaired) electrons. The minimum Gasteiger partial charge on any atom is -0.468 e. The van der Waals surface area contributed by atoms with Crippen LogP contribution in [-0.4, -0.2) is 35.8 Å². The number of aromatic nitrogens is 1. The molecule has 0 saturated carbocycles. The number of halogens is 4. The molecule has 0 aliphatic carbocycles. The lowest BCUT2D eigenvalue weighted by Gasteiger charge is -2.23. The van der Waals surface area contributed by atoms with E-state index >= 15 is 0 Å². The first-order valence-electron chi connectivity index (χ1n) is 7.30. The van der Waals surface area contributed by atoms with Crippen LogP contribution >= 0.6 is 24.0 Å². The Kier molecular flexibility index (Phi) is 9.38. The SMILES string of the molecule is CCNC(=NCc1ccc(OCC(F)(F)F)nc1)NC(C)(C)C.I. The first kappa shape index (κ1) is 22.7. The van der Waals surface area contributed by atoms with Gasteiger partial charge in [-0.25, -0.2) is 9.98 Å². The van der Waals surface area contributed by atoms with Crippen molar-refractivity contribution < 1.29 is 17.9 Å². The summed E-state index contributed by atoms with van der Waals surface area (Å²) in [5, 5.41) is 6.37. The van der Waals surface area contributed by atoms with E-state index in [9.17, 15) is 13.2 Å². The first-order valence-corrected chi connectivity index (χ1v) is 7.30. The van der Waals surface area contributed by atoms with E-state index < -0.39 is 12.8 Å². The van der Waals surface area contributed by atoms with Gasteiger partial charge < -0.3 is 15.4 Å². The van der Waals surface area contributed by atoms with Gasteiger partial charge >= 0.3 is 6.18 Å². The highest BCUT2D eigenvalue weighted by Gasteiger charge is 2.28. The number of guanidine groups is 1. The summed E-state index contributed by atoms with van der Waals surface area (Å²) in [4.78, 5) is 8.27. The second-order valence-electron chi connectivity index (χ2n) is 5.98. The lowest BCUT2D eigenvalue weighted by Crippen LogP contribution is -2.47. The van der Waals surface area contributed by atoms with E-state index in [1.165, 1.54) is 12.3 Å². The predicted molar refractivity (Wildman–Crippen MR) is 98.9 cm³/mol. The molecule has 138 valence electrons. The van der Waals surface area contributed by atoms with Crippen molar-refractivity contribution in [3.63, 3.8) is 0 Å². The minimum atomic E-state index is -4.37. The third kappa shape index (κ3) is 10.5. The molecule has 0 bridgehead atoms. The molecule has 1 aromatic heterocycles. The van der Waals surface area contributed by atoms with Gasteiger partial charge in [0.1, 0.15) is 0 Å². The van der Waals surface area contributed by atoms with Crippen molar-refractivity contribution in [1.29, 1.82) is 0 Å². The van der Waals surface area contributed by atoms with Gasteiger partial charge in [0.05, 0.1) is 6.54 Å². The van der Waals surface area contributed by atoms with Crippen LogP contribution in [0.25, 0.3) is 0 Å². The van der Waals surface area contributed by atoms with Crippen LogP contribution in [0.4, 0.5) is 13.2 Å². The number of pyridine rings is 1. The number of nitrogens with one attached hydrogen (secondary N) is 2. The number of hydrogen-bond acceptors (Lipinski definition) is 3. The average Bonchev–Trinajstić information content (AvgIpc) is 2.41. The molecule has 5 nitrogen and oxygen atoms in total. The van der Waals surface area contributed by atoms with Crippen LogP contribution in [0.5, 0.6) is 5.88 Å². The zero-order chi connectivity index (χ0) is 17.5. The summed E-state index contributed by atoms with van der Waals surface area (Å²) in [5.74, 6) is 0.604. The molecule has 0 aliphatic rings. The van der Waals surface area contributed by atoms with E-state index in [1.54, 1.807) is 6.07 Å². The highest BCUT2D eigenvalue weighted by Crippen LogP contribution is 2.17. The van der Waals surface area contributed by atoms with Crippen LogP contribution in [0.2, 0.25) is 0 Å². The smallest absolute Gasteiger partial charge is 0.422 e. The Hall–Kier alpha value is -1.26. The predicted octanol–water partition coefficient (Wildman–Crippen LogP) is 3.49. The van der Waals surface area contributed by atoms with Crippen LogP contribution in [0.15, 0.2) is 23.3 Å². The van der Waals surface area contributed by atoms with Gasteiger partial charge in [-0.3, -0.25) is 0 Å². The van der Waals surface area contributed by atoms with E-state index in [1.807, 2.05) is 27.7 Å². The second-order valence-corrected chi connectivity index (χ2v) is 5.98. The van der Waals surface area contributed by atoms with Crippen LogP contribution < -0.4 is 15.4 Å². The molecule has 0 atom stereocenters. The molecule has 24 heavy (non-hydrogen) atoms. The molecular formula is C15H24F3IN4O. The number of nitrogens with zero attached hydrogens (tertiary/aromatic N) is 2. The summed E-state index contributed by atoms with van der Waals surface area (Å²) in [7, 11) is 0. The number of aliphatic imine (C=N–C) groups is 1. The van der Waals surface area contributed by atoms with Crippen molar-refractivity contribution >= 4 is 29.9 Å². The Morgan fingerprint density at radius 3 is 2.38 bits per heavy atom. The standard InChI is InChI=1S/C15H23F3N4O.HI/c1-5-19-13(22-14(2,3)4)21-9-11-6-7-12(20-8-11)23-10-15(16,17)18;/h6-8H,5,9-10H2,1-4H3,(H2,19,21,22);1H. The van der Waals surface area contributed by atoms with Gasteiger partial charge in [-0.15, -0.1) is 24.0 Å². The molecule has 9 heteroatoms. The molecule has 1 rings (SSSR count). The third-order valence-electron chi connectivity index (χ3n) is 2.44. The van der Waals surface area contributed by atoms with E-state index in [2.05, 4.69) is 25.3 Å². The Balaban J connectivity index is 0.00000529. The van der Waals surface area contributed by atoms with Crippen LogP contribution in [0.1, 0.15) is 33.3 Å². The highest BCUT2D eigenvalue weighted by atomic mass is 127. The lowest BCUT2D eigenvalue weighted by molar-refractivity contribution is -0.154. The molecule has 2 N–H and O–H groups in total. The van der Waals surface area contributed by atoms with Gasteiger partial charge in [-0.2, -0.15) is 13.2 Å². The van der Waals surface area contributed by atoms with Crippen molar-refractivity contribution in [3.05, 3.63) is 23.9 Å².